The number of nitro groups is 1. The minimum Gasteiger partial charge on any atom is -0.477 e. The molecule has 7 heteroatoms. The fraction of sp³-hybridized carbons (Fsp3) is 0.235. The summed E-state index contributed by atoms with van der Waals surface area (Å²) in [6, 6.07) is 10.2. The lowest BCUT2D eigenvalue weighted by Gasteiger charge is -2.14. The number of benzene rings is 2. The zero-order valence-electron chi connectivity index (χ0n) is 13.3. The Morgan fingerprint density at radius 3 is 2.67 bits per heavy atom. The van der Waals surface area contributed by atoms with E-state index in [1.165, 1.54) is 0 Å². The van der Waals surface area contributed by atoms with Gasteiger partial charge in [0.15, 0.2) is 6.61 Å². The molecule has 0 aliphatic rings. The van der Waals surface area contributed by atoms with E-state index < -0.39 is 28.9 Å². The van der Waals surface area contributed by atoms with Crippen molar-refractivity contribution in [2.24, 2.45) is 0 Å². The van der Waals surface area contributed by atoms with Crippen molar-refractivity contribution in [3.8, 4) is 5.75 Å². The van der Waals surface area contributed by atoms with Crippen LogP contribution in [0, 0.1) is 15.9 Å². The Morgan fingerprint density at radius 2 is 2.00 bits per heavy atom. The van der Waals surface area contributed by atoms with Crippen LogP contribution in [0.1, 0.15) is 25.3 Å². The molecule has 2 rings (SSSR count). The van der Waals surface area contributed by atoms with E-state index in [1.54, 1.807) is 12.1 Å². The molecule has 0 aliphatic heterocycles. The predicted molar refractivity (Wildman–Crippen MR) is 87.7 cm³/mol. The second-order valence-electron chi connectivity index (χ2n) is 5.45. The third-order valence-corrected chi connectivity index (χ3v) is 3.33. The van der Waals surface area contributed by atoms with Crippen molar-refractivity contribution >= 4 is 17.3 Å². The molecule has 24 heavy (non-hydrogen) atoms. The molecule has 0 bridgehead atoms. The van der Waals surface area contributed by atoms with Gasteiger partial charge in [0.2, 0.25) is 5.75 Å². The van der Waals surface area contributed by atoms with E-state index in [2.05, 4.69) is 5.32 Å². The smallest absolute Gasteiger partial charge is 0.311 e. The van der Waals surface area contributed by atoms with Crippen LogP contribution in [-0.4, -0.2) is 17.4 Å². The Morgan fingerprint density at radius 1 is 1.29 bits per heavy atom. The topological polar surface area (TPSA) is 81.5 Å². The zero-order valence-corrected chi connectivity index (χ0v) is 13.3. The lowest BCUT2D eigenvalue weighted by Crippen LogP contribution is -2.21. The van der Waals surface area contributed by atoms with Gasteiger partial charge in [0.25, 0.3) is 5.91 Å². The van der Waals surface area contributed by atoms with E-state index >= 15 is 0 Å². The Balaban J connectivity index is 2.07. The summed E-state index contributed by atoms with van der Waals surface area (Å²) in [5, 5.41) is 13.6. The van der Waals surface area contributed by atoms with Crippen molar-refractivity contribution in [3.05, 3.63) is 64.0 Å². The second-order valence-corrected chi connectivity index (χ2v) is 5.45. The number of carbonyl (C=O) groups excluding carboxylic acids is 1. The summed E-state index contributed by atoms with van der Waals surface area (Å²) in [5.74, 6) is -1.23. The highest BCUT2D eigenvalue weighted by atomic mass is 19.1. The van der Waals surface area contributed by atoms with Gasteiger partial charge in [-0.15, -0.1) is 0 Å². The van der Waals surface area contributed by atoms with E-state index in [9.17, 15) is 19.3 Å². The minimum absolute atomic E-state index is 0.215. The van der Waals surface area contributed by atoms with Crippen LogP contribution in [0.2, 0.25) is 0 Å². The Kier molecular flexibility index (Phi) is 5.47. The number of hydrogen-bond acceptors (Lipinski definition) is 4. The quantitative estimate of drug-likeness (QED) is 0.643. The molecule has 0 unspecified atom stereocenters. The molecule has 0 aromatic heterocycles. The number of amides is 1. The predicted octanol–water partition coefficient (Wildman–Crippen LogP) is 3.87. The molecular formula is C17H17FN2O4. The Labute approximate surface area is 138 Å². The molecule has 0 heterocycles. The highest BCUT2D eigenvalue weighted by molar-refractivity contribution is 5.92. The van der Waals surface area contributed by atoms with Gasteiger partial charge in [-0.05, 0) is 23.6 Å². The van der Waals surface area contributed by atoms with Crippen LogP contribution in [0.3, 0.4) is 0 Å². The number of para-hydroxylation sites is 1. The normalized spacial score (nSPS) is 10.5. The van der Waals surface area contributed by atoms with Gasteiger partial charge in [0.1, 0.15) is 5.82 Å². The summed E-state index contributed by atoms with van der Waals surface area (Å²) in [4.78, 5) is 22.2. The van der Waals surface area contributed by atoms with E-state index in [0.717, 1.165) is 23.8 Å². The molecular weight excluding hydrogens is 315 g/mol. The van der Waals surface area contributed by atoms with E-state index in [4.69, 9.17) is 4.74 Å². The molecule has 2 aromatic carbocycles. The van der Waals surface area contributed by atoms with Crippen LogP contribution in [0.15, 0.2) is 42.5 Å². The monoisotopic (exact) mass is 332 g/mol. The van der Waals surface area contributed by atoms with Gasteiger partial charge >= 0.3 is 5.69 Å². The largest absolute Gasteiger partial charge is 0.477 e. The van der Waals surface area contributed by atoms with Crippen molar-refractivity contribution in [1.29, 1.82) is 0 Å². The van der Waals surface area contributed by atoms with Crippen LogP contribution in [0.5, 0.6) is 5.75 Å². The van der Waals surface area contributed by atoms with Gasteiger partial charge in [-0.1, -0.05) is 32.0 Å². The number of halogens is 1. The van der Waals surface area contributed by atoms with E-state index in [1.807, 2.05) is 26.0 Å². The molecule has 1 N–H and O–H groups in total. The standard InChI is InChI=1S/C17H17FN2O4/c1-11(2)13-5-3-4-6-14(13)19-17(21)10-24-16-9-12(18)7-8-15(16)20(22)23/h3-9,11H,10H2,1-2H3,(H,19,21). The number of carbonyl (C=O) groups is 1. The average Bonchev–Trinajstić information content (AvgIpc) is 2.53. The fourth-order valence-corrected chi connectivity index (χ4v) is 2.20. The number of ether oxygens (including phenoxy) is 1. The maximum Gasteiger partial charge on any atom is 0.311 e. The number of nitrogens with zero attached hydrogens (tertiary/aromatic N) is 1. The molecule has 0 spiro atoms. The first-order valence-electron chi connectivity index (χ1n) is 7.34. The van der Waals surface area contributed by atoms with Gasteiger partial charge < -0.3 is 10.1 Å². The maximum atomic E-state index is 13.2. The second kappa shape index (κ2) is 7.54. The van der Waals surface area contributed by atoms with Crippen LogP contribution < -0.4 is 10.1 Å². The lowest BCUT2D eigenvalue weighted by atomic mass is 10.0. The highest BCUT2D eigenvalue weighted by Crippen LogP contribution is 2.27. The molecule has 1 amide bonds. The molecule has 0 fully saturated rings. The number of anilines is 1. The van der Waals surface area contributed by atoms with Crippen LogP contribution in [-0.2, 0) is 4.79 Å². The zero-order chi connectivity index (χ0) is 17.7. The maximum absolute atomic E-state index is 13.2. The molecule has 0 atom stereocenters. The number of nitro benzene ring substituents is 1. The third kappa shape index (κ3) is 4.28. The lowest BCUT2D eigenvalue weighted by molar-refractivity contribution is -0.385. The Bertz CT molecular complexity index is 762. The number of hydrogen-bond donors (Lipinski definition) is 1. The van der Waals surface area contributed by atoms with Gasteiger partial charge in [-0.2, -0.15) is 0 Å². The van der Waals surface area contributed by atoms with Crippen molar-refractivity contribution in [3.63, 3.8) is 0 Å². The van der Waals surface area contributed by atoms with Crippen molar-refractivity contribution in [2.75, 3.05) is 11.9 Å². The van der Waals surface area contributed by atoms with Crippen LogP contribution in [0.25, 0.3) is 0 Å². The molecule has 0 radical (unpaired) electrons. The molecule has 6 nitrogen and oxygen atoms in total. The van der Waals surface area contributed by atoms with Gasteiger partial charge in [-0.25, -0.2) is 4.39 Å². The summed E-state index contributed by atoms with van der Waals surface area (Å²) in [6.45, 7) is 3.53. The summed E-state index contributed by atoms with van der Waals surface area (Å²) < 4.78 is 18.3. The van der Waals surface area contributed by atoms with E-state index in [0.29, 0.717) is 5.69 Å². The molecule has 0 saturated carbocycles. The molecule has 0 saturated heterocycles. The van der Waals surface area contributed by atoms with Crippen LogP contribution >= 0.6 is 0 Å². The summed E-state index contributed by atoms with van der Waals surface area (Å²) in [7, 11) is 0. The summed E-state index contributed by atoms with van der Waals surface area (Å²) >= 11 is 0. The van der Waals surface area contributed by atoms with Gasteiger partial charge in [0.05, 0.1) is 4.92 Å². The molecule has 2 aromatic rings. The number of rotatable bonds is 6. The molecule has 126 valence electrons. The van der Waals surface area contributed by atoms with E-state index in [-0.39, 0.29) is 11.7 Å². The number of nitrogens with one attached hydrogen (secondary N) is 1. The third-order valence-electron chi connectivity index (χ3n) is 3.33. The van der Waals surface area contributed by atoms with Crippen molar-refractivity contribution < 1.29 is 18.8 Å². The minimum atomic E-state index is -0.694. The highest BCUT2D eigenvalue weighted by Gasteiger charge is 2.17. The van der Waals surface area contributed by atoms with Crippen molar-refractivity contribution in [1.82, 2.24) is 0 Å². The average molecular weight is 332 g/mol. The SMILES string of the molecule is CC(C)c1ccccc1NC(=O)COc1cc(F)ccc1[N+](=O)[O-]. The summed E-state index contributed by atoms with van der Waals surface area (Å²) in [5.41, 5.74) is 1.21. The van der Waals surface area contributed by atoms with Gasteiger partial charge in [0, 0.05) is 17.8 Å². The fourth-order valence-electron chi connectivity index (χ4n) is 2.20. The van der Waals surface area contributed by atoms with Gasteiger partial charge in [-0.3, -0.25) is 14.9 Å². The first-order valence-corrected chi connectivity index (χ1v) is 7.34. The van der Waals surface area contributed by atoms with Crippen LogP contribution in [0.4, 0.5) is 15.8 Å². The van der Waals surface area contributed by atoms with Crippen molar-refractivity contribution in [2.45, 2.75) is 19.8 Å². The first kappa shape index (κ1) is 17.4. The first-order chi connectivity index (χ1) is 11.4. The summed E-state index contributed by atoms with van der Waals surface area (Å²) in [6.07, 6.45) is 0. The Hall–Kier alpha value is -2.96. The molecule has 0 aliphatic carbocycles.